The number of rotatable bonds is 3. The lowest BCUT2D eigenvalue weighted by Gasteiger charge is -2.37. The number of fused-ring (bicyclic) bond motifs is 12. The van der Waals surface area contributed by atoms with E-state index < -0.39 is 0 Å². The summed E-state index contributed by atoms with van der Waals surface area (Å²) < 4.78 is 0. The first-order chi connectivity index (χ1) is 35.2. The van der Waals surface area contributed by atoms with E-state index in [-0.39, 0.29) is 0 Å². The molecule has 0 radical (unpaired) electrons. The SMILES string of the molecule is CN1CCC[C@H]2[C@H](c3ccccc3)c3ccccc3[C@H]21.c1ccc([C@@H]2c3ccccc3[C@@H]3NCCC[C@H]23)cc1.c1ccc([C@@H]2c3ccccc3[C@H]3NCCC[C@@H]23)cc1.c1ccc2c(c1)C[C@H]1CCCN[C@@H]21. The summed E-state index contributed by atoms with van der Waals surface area (Å²) in [5.74, 6) is 4.83. The fourth-order valence-electron chi connectivity index (χ4n) is 15.3. The van der Waals surface area contributed by atoms with E-state index in [9.17, 15) is 0 Å². The van der Waals surface area contributed by atoms with Crippen molar-refractivity contribution in [3.63, 3.8) is 0 Å². The molecule has 4 nitrogen and oxygen atoms in total. The molecule has 0 aromatic heterocycles. The van der Waals surface area contributed by atoms with Gasteiger partial charge in [0.05, 0.1) is 0 Å². The maximum atomic E-state index is 3.74. The quantitative estimate of drug-likeness (QED) is 0.165. The van der Waals surface area contributed by atoms with E-state index >= 15 is 0 Å². The fraction of sp³-hybridized carbons (Fsp3) is 0.373. The summed E-state index contributed by atoms with van der Waals surface area (Å²) in [6.45, 7) is 4.76. The molecule has 3 N–H and O–H groups in total. The third-order valence-electron chi connectivity index (χ3n) is 18.1. The van der Waals surface area contributed by atoms with Crippen molar-refractivity contribution in [2.75, 3.05) is 33.2 Å². The van der Waals surface area contributed by atoms with Gasteiger partial charge in [-0.2, -0.15) is 0 Å². The van der Waals surface area contributed by atoms with Crippen molar-refractivity contribution in [3.8, 4) is 0 Å². The number of hydrogen-bond donors (Lipinski definition) is 3. The highest BCUT2D eigenvalue weighted by Crippen LogP contribution is 2.55. The maximum absolute atomic E-state index is 3.74. The Labute approximate surface area is 424 Å². The van der Waals surface area contributed by atoms with E-state index in [0.717, 1.165) is 36.8 Å². The molecule has 11 atom stereocenters. The summed E-state index contributed by atoms with van der Waals surface area (Å²) in [6.07, 6.45) is 12.0. The van der Waals surface area contributed by atoms with Gasteiger partial charge < -0.3 is 16.0 Å². The zero-order chi connectivity index (χ0) is 47.5. The molecule has 0 bridgehead atoms. The molecule has 4 aliphatic carbocycles. The van der Waals surface area contributed by atoms with Gasteiger partial charge in [-0.1, -0.05) is 188 Å². The number of nitrogens with one attached hydrogen (secondary N) is 3. The van der Waals surface area contributed by atoms with E-state index in [1.54, 1.807) is 22.3 Å². The molecule has 4 heterocycles. The van der Waals surface area contributed by atoms with Crippen molar-refractivity contribution in [2.45, 2.75) is 99.7 Å². The second-order valence-electron chi connectivity index (χ2n) is 22.0. The zero-order valence-corrected chi connectivity index (χ0v) is 41.9. The van der Waals surface area contributed by atoms with Gasteiger partial charge in [0, 0.05) is 41.9 Å². The molecule has 362 valence electrons. The molecule has 0 amide bonds. The summed E-state index contributed by atoms with van der Waals surface area (Å²) in [5.41, 5.74) is 16.8. The molecule has 4 heteroatoms. The monoisotopic (exact) mass is 935 g/mol. The Morgan fingerprint density at radius 2 is 0.732 bits per heavy atom. The van der Waals surface area contributed by atoms with Crippen LogP contribution in [-0.2, 0) is 6.42 Å². The smallest absolute Gasteiger partial charge is 0.0385 e. The van der Waals surface area contributed by atoms with Gasteiger partial charge in [-0.3, -0.25) is 4.90 Å². The number of hydrogen-bond acceptors (Lipinski definition) is 4. The second kappa shape index (κ2) is 21.2. The van der Waals surface area contributed by atoms with Crippen LogP contribution in [0.3, 0.4) is 0 Å². The van der Waals surface area contributed by atoms with Crippen molar-refractivity contribution in [3.05, 3.63) is 249 Å². The Morgan fingerprint density at radius 1 is 0.352 bits per heavy atom. The number of piperidine rings is 4. The molecule has 0 unspecified atom stereocenters. The van der Waals surface area contributed by atoms with Crippen LogP contribution in [0.2, 0.25) is 0 Å². The van der Waals surface area contributed by atoms with Gasteiger partial charge in [-0.05, 0) is 176 Å². The standard InChI is InChI=1S/C19H21N.2C18H19N.C12H15N/c1-20-13-7-12-17-18(14-8-3-2-4-9-14)15-10-5-6-11-16(15)19(17)20;2*1-2-7-13(8-3-1)17-14-9-4-5-10-15(14)18-16(17)11-6-12-19-18;1-2-6-11-9(4-1)8-10-5-3-7-13-12(10)11/h2-6,8-11,17-19H,7,12-13H2,1H3;2*1-5,7-10,16-19H,6,11-12H2;1-2,4,6,10,12-13H,3,5,7-8H2/t17-,18+,19+;16-,17+,18+;16-,17-,18+;10-,12-/m0011/s1. The van der Waals surface area contributed by atoms with Gasteiger partial charge in [-0.15, -0.1) is 0 Å². The highest BCUT2D eigenvalue weighted by atomic mass is 15.1. The number of benzene rings is 7. The van der Waals surface area contributed by atoms with Crippen LogP contribution in [0.25, 0.3) is 0 Å². The zero-order valence-electron chi connectivity index (χ0n) is 41.9. The molecular formula is C67H74N4. The van der Waals surface area contributed by atoms with Gasteiger partial charge >= 0.3 is 0 Å². The summed E-state index contributed by atoms with van der Waals surface area (Å²) in [5, 5.41) is 11.1. The fourth-order valence-corrected chi connectivity index (χ4v) is 15.3. The van der Waals surface area contributed by atoms with Gasteiger partial charge in [0.1, 0.15) is 0 Å². The van der Waals surface area contributed by atoms with Gasteiger partial charge in [0.2, 0.25) is 0 Å². The van der Waals surface area contributed by atoms with E-state index in [4.69, 9.17) is 0 Å². The number of nitrogens with zero attached hydrogens (tertiary/aromatic N) is 1. The number of likely N-dealkylation sites (tertiary alicyclic amines) is 1. The highest BCUT2D eigenvalue weighted by molar-refractivity contribution is 5.49. The minimum Gasteiger partial charge on any atom is -0.310 e. The third kappa shape index (κ3) is 9.16. The van der Waals surface area contributed by atoms with Crippen LogP contribution in [-0.4, -0.2) is 38.1 Å². The Hall–Kier alpha value is -5.62. The van der Waals surface area contributed by atoms with Gasteiger partial charge in [0.25, 0.3) is 0 Å². The molecule has 71 heavy (non-hydrogen) atoms. The summed E-state index contributed by atoms with van der Waals surface area (Å²) in [7, 11) is 2.29. The normalized spacial score (nSPS) is 29.2. The lowest BCUT2D eigenvalue weighted by molar-refractivity contribution is 0.127. The lowest BCUT2D eigenvalue weighted by Crippen LogP contribution is -2.34. The second-order valence-corrected chi connectivity index (χ2v) is 22.0. The lowest BCUT2D eigenvalue weighted by atomic mass is 9.80. The molecule has 7 aromatic rings. The molecule has 0 saturated carbocycles. The predicted molar refractivity (Wildman–Crippen MR) is 293 cm³/mol. The van der Waals surface area contributed by atoms with Crippen molar-refractivity contribution in [2.24, 2.45) is 23.7 Å². The van der Waals surface area contributed by atoms with Crippen LogP contribution in [0.4, 0.5) is 0 Å². The van der Waals surface area contributed by atoms with Crippen LogP contribution in [0, 0.1) is 23.7 Å². The van der Waals surface area contributed by atoms with E-state index in [2.05, 4.69) is 216 Å². The van der Waals surface area contributed by atoms with Crippen molar-refractivity contribution in [1.82, 2.24) is 20.9 Å². The largest absolute Gasteiger partial charge is 0.310 e. The Kier molecular flexibility index (Phi) is 13.9. The van der Waals surface area contributed by atoms with Crippen molar-refractivity contribution in [1.29, 1.82) is 0 Å². The van der Waals surface area contributed by atoms with E-state index in [0.29, 0.717) is 41.9 Å². The molecule has 8 aliphatic rings. The molecule has 4 fully saturated rings. The topological polar surface area (TPSA) is 39.3 Å². The van der Waals surface area contributed by atoms with E-state index in [1.807, 2.05) is 0 Å². The molecule has 15 rings (SSSR count). The maximum Gasteiger partial charge on any atom is 0.0385 e. The molecule has 4 saturated heterocycles. The minimum absolute atomic E-state index is 0.565. The predicted octanol–water partition coefficient (Wildman–Crippen LogP) is 14.2. The van der Waals surface area contributed by atoms with Crippen LogP contribution < -0.4 is 16.0 Å². The van der Waals surface area contributed by atoms with Crippen molar-refractivity contribution >= 4 is 0 Å². The summed E-state index contributed by atoms with van der Waals surface area (Å²) in [6, 6.07) is 71.6. The molecule has 0 spiro atoms. The minimum atomic E-state index is 0.565. The van der Waals surface area contributed by atoms with Crippen LogP contribution >= 0.6 is 0 Å². The molecule has 7 aromatic carbocycles. The third-order valence-corrected chi connectivity index (χ3v) is 18.1. The molecular weight excluding hydrogens is 861 g/mol. The Bertz CT molecular complexity index is 2740. The summed E-state index contributed by atoms with van der Waals surface area (Å²) in [4.78, 5) is 2.57. The van der Waals surface area contributed by atoms with E-state index in [1.165, 1.54) is 110 Å². The van der Waals surface area contributed by atoms with Crippen LogP contribution in [0.5, 0.6) is 0 Å². The highest BCUT2D eigenvalue weighted by Gasteiger charge is 2.45. The van der Waals surface area contributed by atoms with Crippen molar-refractivity contribution < 1.29 is 0 Å². The van der Waals surface area contributed by atoms with Crippen LogP contribution in [0.1, 0.15) is 154 Å². The Morgan fingerprint density at radius 3 is 1.25 bits per heavy atom. The Balaban J connectivity index is 0.0000000981. The van der Waals surface area contributed by atoms with Gasteiger partial charge in [-0.25, -0.2) is 0 Å². The van der Waals surface area contributed by atoms with Crippen LogP contribution in [0.15, 0.2) is 188 Å². The average molecular weight is 935 g/mol. The average Bonchev–Trinajstić information content (AvgIpc) is 4.19. The first kappa shape index (κ1) is 46.5. The first-order valence-corrected chi connectivity index (χ1v) is 27.6. The summed E-state index contributed by atoms with van der Waals surface area (Å²) >= 11 is 0. The molecule has 4 aliphatic heterocycles. The first-order valence-electron chi connectivity index (χ1n) is 27.6. The van der Waals surface area contributed by atoms with Gasteiger partial charge in [0.15, 0.2) is 0 Å².